The molecule has 0 aliphatic carbocycles. The lowest BCUT2D eigenvalue weighted by atomic mass is 9.99. The van der Waals surface area contributed by atoms with Gasteiger partial charge in [-0.1, -0.05) is 18.2 Å². The van der Waals surface area contributed by atoms with Crippen LogP contribution in [0.15, 0.2) is 36.4 Å². The first kappa shape index (κ1) is 12.9. The molecular formula is C16H16F2N2. The van der Waals surface area contributed by atoms with Gasteiger partial charge in [-0.15, -0.1) is 0 Å². The van der Waals surface area contributed by atoms with E-state index in [1.165, 1.54) is 17.3 Å². The van der Waals surface area contributed by atoms with Crippen LogP contribution in [0.1, 0.15) is 17.5 Å². The number of fused-ring (bicyclic) bond motifs is 1. The topological polar surface area (TPSA) is 24.1 Å². The molecule has 0 saturated heterocycles. The molecule has 0 aromatic heterocycles. The largest absolute Gasteiger partial charge is 0.385 e. The molecular weight excluding hydrogens is 258 g/mol. The van der Waals surface area contributed by atoms with Gasteiger partial charge < -0.3 is 10.6 Å². The summed E-state index contributed by atoms with van der Waals surface area (Å²) in [5.41, 5.74) is 4.22. The normalized spacial score (nSPS) is 13.5. The SMILES string of the molecule is Fc1ccc(NCc2cccc3c2NCCC3)cc1F. The Kier molecular flexibility index (Phi) is 3.54. The maximum atomic E-state index is 13.2. The number of rotatable bonds is 3. The highest BCUT2D eigenvalue weighted by molar-refractivity contribution is 5.60. The van der Waals surface area contributed by atoms with Crippen molar-refractivity contribution >= 4 is 11.4 Å². The zero-order valence-electron chi connectivity index (χ0n) is 11.0. The number of benzene rings is 2. The van der Waals surface area contributed by atoms with Crippen LogP contribution in [0.5, 0.6) is 0 Å². The van der Waals surface area contributed by atoms with Gasteiger partial charge in [0.15, 0.2) is 11.6 Å². The highest BCUT2D eigenvalue weighted by Gasteiger charge is 2.12. The average Bonchev–Trinajstić information content (AvgIpc) is 2.48. The summed E-state index contributed by atoms with van der Waals surface area (Å²) in [5, 5.41) is 6.55. The van der Waals surface area contributed by atoms with Gasteiger partial charge in [0.1, 0.15) is 0 Å². The minimum Gasteiger partial charge on any atom is -0.385 e. The Hall–Kier alpha value is -2.10. The summed E-state index contributed by atoms with van der Waals surface area (Å²) in [5.74, 6) is -1.66. The van der Waals surface area contributed by atoms with E-state index in [1.807, 2.05) is 12.1 Å². The van der Waals surface area contributed by atoms with Crippen molar-refractivity contribution in [1.82, 2.24) is 0 Å². The van der Waals surface area contributed by atoms with Crippen molar-refractivity contribution in [2.45, 2.75) is 19.4 Å². The standard InChI is InChI=1S/C16H16F2N2/c17-14-7-6-13(9-15(14)18)20-10-12-4-1-3-11-5-2-8-19-16(11)12/h1,3-4,6-7,9,19-20H,2,5,8,10H2. The van der Waals surface area contributed by atoms with Crippen LogP contribution in [-0.4, -0.2) is 6.54 Å². The maximum Gasteiger partial charge on any atom is 0.160 e. The quantitative estimate of drug-likeness (QED) is 0.886. The molecule has 1 aliphatic rings. The third-order valence-corrected chi connectivity index (χ3v) is 3.56. The van der Waals surface area contributed by atoms with Gasteiger partial charge in [0.05, 0.1) is 0 Å². The second-order valence-electron chi connectivity index (χ2n) is 4.96. The van der Waals surface area contributed by atoms with Crippen LogP contribution in [0.3, 0.4) is 0 Å². The molecule has 0 amide bonds. The first-order chi connectivity index (χ1) is 9.74. The fraction of sp³-hybridized carbons (Fsp3) is 0.250. The average molecular weight is 274 g/mol. The van der Waals surface area contributed by atoms with E-state index in [2.05, 4.69) is 16.7 Å². The van der Waals surface area contributed by atoms with Crippen LogP contribution < -0.4 is 10.6 Å². The molecule has 0 saturated carbocycles. The highest BCUT2D eigenvalue weighted by Crippen LogP contribution is 2.26. The molecule has 2 aromatic carbocycles. The van der Waals surface area contributed by atoms with Crippen molar-refractivity contribution < 1.29 is 8.78 Å². The fourth-order valence-corrected chi connectivity index (χ4v) is 2.53. The number of hydrogen-bond acceptors (Lipinski definition) is 2. The lowest BCUT2D eigenvalue weighted by Gasteiger charge is -2.21. The van der Waals surface area contributed by atoms with E-state index in [1.54, 1.807) is 6.07 Å². The maximum absolute atomic E-state index is 13.2. The van der Waals surface area contributed by atoms with Gasteiger partial charge in [0.2, 0.25) is 0 Å². The van der Waals surface area contributed by atoms with Crippen LogP contribution in [0.2, 0.25) is 0 Å². The molecule has 2 N–H and O–H groups in total. The molecule has 4 heteroatoms. The van der Waals surface area contributed by atoms with Crippen molar-refractivity contribution in [3.8, 4) is 0 Å². The zero-order chi connectivity index (χ0) is 13.9. The Morgan fingerprint density at radius 3 is 2.85 bits per heavy atom. The van der Waals surface area contributed by atoms with E-state index >= 15 is 0 Å². The van der Waals surface area contributed by atoms with Gasteiger partial charge >= 0.3 is 0 Å². The molecule has 104 valence electrons. The van der Waals surface area contributed by atoms with E-state index in [4.69, 9.17) is 0 Å². The van der Waals surface area contributed by atoms with Gasteiger partial charge in [-0.3, -0.25) is 0 Å². The van der Waals surface area contributed by atoms with Crippen molar-refractivity contribution in [2.75, 3.05) is 17.2 Å². The van der Waals surface area contributed by atoms with Gasteiger partial charge in [-0.25, -0.2) is 8.78 Å². The summed E-state index contributed by atoms with van der Waals surface area (Å²) in [7, 11) is 0. The number of para-hydroxylation sites is 1. The Balaban J connectivity index is 1.76. The molecule has 20 heavy (non-hydrogen) atoms. The second kappa shape index (κ2) is 5.49. The van der Waals surface area contributed by atoms with Gasteiger partial charge in [-0.2, -0.15) is 0 Å². The molecule has 0 atom stereocenters. The number of anilines is 2. The first-order valence-corrected chi connectivity index (χ1v) is 6.77. The molecule has 3 rings (SSSR count). The van der Waals surface area contributed by atoms with E-state index in [9.17, 15) is 8.78 Å². The summed E-state index contributed by atoms with van der Waals surface area (Å²) in [4.78, 5) is 0. The first-order valence-electron chi connectivity index (χ1n) is 6.77. The van der Waals surface area contributed by atoms with Crippen molar-refractivity contribution in [3.05, 3.63) is 59.2 Å². The highest BCUT2D eigenvalue weighted by atomic mass is 19.2. The molecule has 0 spiro atoms. The Labute approximate surface area is 116 Å². The molecule has 0 bridgehead atoms. The minimum absolute atomic E-state index is 0.581. The van der Waals surface area contributed by atoms with Crippen molar-refractivity contribution in [2.24, 2.45) is 0 Å². The summed E-state index contributed by atoms with van der Waals surface area (Å²) >= 11 is 0. The third-order valence-electron chi connectivity index (χ3n) is 3.56. The van der Waals surface area contributed by atoms with Crippen LogP contribution >= 0.6 is 0 Å². The number of nitrogens with one attached hydrogen (secondary N) is 2. The summed E-state index contributed by atoms with van der Waals surface area (Å²) in [6.07, 6.45) is 2.23. The van der Waals surface area contributed by atoms with Gasteiger partial charge in [0, 0.05) is 30.5 Å². The Morgan fingerprint density at radius 2 is 2.00 bits per heavy atom. The predicted octanol–water partition coefficient (Wildman–Crippen LogP) is 3.94. The molecule has 1 aliphatic heterocycles. The van der Waals surface area contributed by atoms with Crippen LogP contribution in [0, 0.1) is 11.6 Å². The molecule has 0 unspecified atom stereocenters. The molecule has 2 nitrogen and oxygen atoms in total. The summed E-state index contributed by atoms with van der Waals surface area (Å²) in [6, 6.07) is 10.1. The molecule has 0 fully saturated rings. The number of aryl methyl sites for hydroxylation is 1. The smallest absolute Gasteiger partial charge is 0.160 e. The lowest BCUT2D eigenvalue weighted by molar-refractivity contribution is 0.509. The van der Waals surface area contributed by atoms with E-state index in [-0.39, 0.29) is 0 Å². The van der Waals surface area contributed by atoms with E-state index in [0.717, 1.165) is 31.0 Å². The Bertz CT molecular complexity index is 626. The summed E-state index contributed by atoms with van der Waals surface area (Å²) in [6.45, 7) is 1.57. The predicted molar refractivity (Wildman–Crippen MR) is 76.9 cm³/mol. The van der Waals surface area contributed by atoms with Crippen molar-refractivity contribution in [1.29, 1.82) is 0 Å². The van der Waals surface area contributed by atoms with Crippen LogP contribution in [-0.2, 0) is 13.0 Å². The summed E-state index contributed by atoms with van der Waals surface area (Å²) < 4.78 is 26.0. The second-order valence-corrected chi connectivity index (χ2v) is 4.96. The number of halogens is 2. The molecule has 1 heterocycles. The third kappa shape index (κ3) is 2.59. The molecule has 0 radical (unpaired) electrons. The Morgan fingerprint density at radius 1 is 1.10 bits per heavy atom. The van der Waals surface area contributed by atoms with E-state index in [0.29, 0.717) is 12.2 Å². The zero-order valence-corrected chi connectivity index (χ0v) is 11.0. The van der Waals surface area contributed by atoms with Gasteiger partial charge in [0.25, 0.3) is 0 Å². The lowest BCUT2D eigenvalue weighted by Crippen LogP contribution is -2.15. The molecule has 2 aromatic rings. The van der Waals surface area contributed by atoms with Crippen LogP contribution in [0.25, 0.3) is 0 Å². The van der Waals surface area contributed by atoms with Crippen LogP contribution in [0.4, 0.5) is 20.2 Å². The number of hydrogen-bond donors (Lipinski definition) is 2. The van der Waals surface area contributed by atoms with E-state index < -0.39 is 11.6 Å². The minimum atomic E-state index is -0.830. The monoisotopic (exact) mass is 274 g/mol. The fourth-order valence-electron chi connectivity index (χ4n) is 2.53. The van der Waals surface area contributed by atoms with Gasteiger partial charge in [-0.05, 0) is 36.1 Å². The van der Waals surface area contributed by atoms with Crippen molar-refractivity contribution in [3.63, 3.8) is 0 Å².